The van der Waals surface area contributed by atoms with E-state index in [1.165, 1.54) is 0 Å². The van der Waals surface area contributed by atoms with Gasteiger partial charge < -0.3 is 19.8 Å². The summed E-state index contributed by atoms with van der Waals surface area (Å²) >= 11 is 3.47. The lowest BCUT2D eigenvalue weighted by Crippen LogP contribution is -2.39. The third-order valence-corrected chi connectivity index (χ3v) is 3.42. The summed E-state index contributed by atoms with van der Waals surface area (Å²) in [6, 6.07) is 3.79. The number of benzene rings is 1. The highest BCUT2D eigenvalue weighted by Gasteiger charge is 2.17. The van der Waals surface area contributed by atoms with Crippen molar-refractivity contribution in [1.82, 2.24) is 15.3 Å². The average molecular weight is 384 g/mol. The lowest BCUT2D eigenvalue weighted by Gasteiger charge is -2.22. The fourth-order valence-corrected chi connectivity index (χ4v) is 2.59. The summed E-state index contributed by atoms with van der Waals surface area (Å²) in [5.41, 5.74) is 2.35. The number of nitrogens with zero attached hydrogens (tertiary/aromatic N) is 1. The number of carbonyl (C=O) groups excluding carboxylic acids is 1. The molecule has 1 heterocycles. The molecule has 7 heteroatoms. The van der Waals surface area contributed by atoms with Gasteiger partial charge in [-0.1, -0.05) is 15.9 Å². The Morgan fingerprint density at radius 2 is 2.17 bits per heavy atom. The maximum Gasteiger partial charge on any atom is 0.407 e. The van der Waals surface area contributed by atoms with Crippen LogP contribution in [0.2, 0.25) is 0 Å². The summed E-state index contributed by atoms with van der Waals surface area (Å²) in [6.07, 6.45) is 1.22. The average Bonchev–Trinajstić information content (AvgIpc) is 2.83. The highest BCUT2D eigenvalue weighted by atomic mass is 79.9. The highest BCUT2D eigenvalue weighted by Crippen LogP contribution is 2.22. The van der Waals surface area contributed by atoms with E-state index in [1.54, 1.807) is 6.33 Å². The second kappa shape index (κ2) is 7.31. The van der Waals surface area contributed by atoms with Gasteiger partial charge in [-0.2, -0.15) is 0 Å². The van der Waals surface area contributed by atoms with E-state index in [9.17, 15) is 4.79 Å². The first-order valence-electron chi connectivity index (χ1n) is 7.43. The molecule has 0 aliphatic rings. The Kier molecular flexibility index (Phi) is 5.64. The summed E-state index contributed by atoms with van der Waals surface area (Å²) in [6.45, 7) is 8.18. The second-order valence-corrected chi connectivity index (χ2v) is 7.34. The van der Waals surface area contributed by atoms with Gasteiger partial charge in [-0.05, 0) is 39.8 Å². The summed E-state index contributed by atoms with van der Waals surface area (Å²) < 4.78 is 11.9. The third-order valence-electron chi connectivity index (χ3n) is 2.97. The van der Waals surface area contributed by atoms with Crippen molar-refractivity contribution in [3.8, 4) is 0 Å². The number of halogens is 1. The predicted molar refractivity (Wildman–Crippen MR) is 92.3 cm³/mol. The van der Waals surface area contributed by atoms with Crippen molar-refractivity contribution in [2.24, 2.45) is 0 Å². The maximum atomic E-state index is 11.7. The molecule has 0 saturated heterocycles. The quantitative estimate of drug-likeness (QED) is 0.823. The monoisotopic (exact) mass is 383 g/mol. The molecule has 2 rings (SSSR count). The number of hydrogen-bond acceptors (Lipinski definition) is 4. The lowest BCUT2D eigenvalue weighted by molar-refractivity contribution is 0.0442. The van der Waals surface area contributed by atoms with Gasteiger partial charge in [0.15, 0.2) is 0 Å². The van der Waals surface area contributed by atoms with E-state index >= 15 is 0 Å². The van der Waals surface area contributed by atoms with Crippen LogP contribution < -0.4 is 5.32 Å². The number of nitrogens with one attached hydrogen (secondary N) is 2. The minimum Gasteiger partial charge on any atom is -0.444 e. The number of alkyl carbamates (subject to hydrolysis) is 1. The minimum atomic E-state index is -0.507. The number of aromatic nitrogens is 2. The zero-order valence-corrected chi connectivity index (χ0v) is 15.4. The predicted octanol–water partition coefficient (Wildman–Crippen LogP) is 3.76. The van der Waals surface area contributed by atoms with E-state index in [2.05, 4.69) is 31.2 Å². The number of aromatic amines is 1. The van der Waals surface area contributed by atoms with Gasteiger partial charge in [-0.3, -0.25) is 0 Å². The van der Waals surface area contributed by atoms with Crippen LogP contribution in [0.4, 0.5) is 4.79 Å². The summed E-state index contributed by atoms with van der Waals surface area (Å²) in [4.78, 5) is 19.0. The van der Waals surface area contributed by atoms with Crippen LogP contribution in [-0.4, -0.2) is 34.3 Å². The zero-order valence-electron chi connectivity index (χ0n) is 13.8. The molecule has 6 nitrogen and oxygen atoms in total. The summed E-state index contributed by atoms with van der Waals surface area (Å²) in [5, 5.41) is 2.75. The van der Waals surface area contributed by atoms with Gasteiger partial charge in [0.25, 0.3) is 0 Å². The van der Waals surface area contributed by atoms with Crippen molar-refractivity contribution >= 4 is 33.1 Å². The summed E-state index contributed by atoms with van der Waals surface area (Å²) in [7, 11) is 0. The SMILES string of the molecule is C[C@H](COCc1cc(Br)cc2nc[nH]c12)NC(=O)OC(C)(C)C. The lowest BCUT2D eigenvalue weighted by atomic mass is 10.2. The van der Waals surface area contributed by atoms with Crippen LogP contribution in [0.5, 0.6) is 0 Å². The third kappa shape index (κ3) is 5.51. The molecule has 0 unspecified atom stereocenters. The van der Waals surface area contributed by atoms with Crippen LogP contribution in [-0.2, 0) is 16.1 Å². The van der Waals surface area contributed by atoms with Gasteiger partial charge in [-0.25, -0.2) is 9.78 Å². The van der Waals surface area contributed by atoms with E-state index in [4.69, 9.17) is 9.47 Å². The molecule has 0 aliphatic carbocycles. The molecular formula is C16H22BrN3O3. The van der Waals surface area contributed by atoms with Crippen molar-refractivity contribution in [2.75, 3.05) is 6.61 Å². The standard InChI is InChI=1S/C16H22BrN3O3/c1-10(20-15(21)23-16(2,3)4)7-22-8-11-5-12(17)6-13-14(11)19-9-18-13/h5-6,9-10H,7-8H2,1-4H3,(H,18,19)(H,20,21)/t10-/m1/s1. The van der Waals surface area contributed by atoms with Gasteiger partial charge in [0.05, 0.1) is 36.6 Å². The first kappa shape index (κ1) is 17.7. The molecule has 0 aliphatic heterocycles. The number of amides is 1. The second-order valence-electron chi connectivity index (χ2n) is 6.42. The molecule has 23 heavy (non-hydrogen) atoms. The molecular weight excluding hydrogens is 362 g/mol. The zero-order chi connectivity index (χ0) is 17.0. The number of imidazole rings is 1. The van der Waals surface area contributed by atoms with Gasteiger partial charge in [0.1, 0.15) is 5.60 Å². The topological polar surface area (TPSA) is 76.2 Å². The van der Waals surface area contributed by atoms with Gasteiger partial charge in [0.2, 0.25) is 0 Å². The molecule has 2 aromatic rings. The Labute approximate surface area is 144 Å². The van der Waals surface area contributed by atoms with E-state index in [0.29, 0.717) is 13.2 Å². The van der Waals surface area contributed by atoms with Crippen molar-refractivity contribution in [1.29, 1.82) is 0 Å². The van der Waals surface area contributed by atoms with E-state index in [1.807, 2.05) is 39.8 Å². The van der Waals surface area contributed by atoms with Crippen molar-refractivity contribution in [3.05, 3.63) is 28.5 Å². The molecule has 1 atom stereocenters. The van der Waals surface area contributed by atoms with E-state index in [0.717, 1.165) is 21.1 Å². The Hall–Kier alpha value is -1.60. The molecule has 0 radical (unpaired) electrons. The Morgan fingerprint density at radius 1 is 1.43 bits per heavy atom. The van der Waals surface area contributed by atoms with Gasteiger partial charge in [-0.15, -0.1) is 0 Å². The number of ether oxygens (including phenoxy) is 2. The first-order valence-corrected chi connectivity index (χ1v) is 8.22. The number of H-pyrrole nitrogens is 1. The Bertz CT molecular complexity index is 679. The minimum absolute atomic E-state index is 0.144. The van der Waals surface area contributed by atoms with Crippen LogP contribution in [0.1, 0.15) is 33.3 Å². The summed E-state index contributed by atoms with van der Waals surface area (Å²) in [5.74, 6) is 0. The number of hydrogen-bond donors (Lipinski definition) is 2. The van der Waals surface area contributed by atoms with Crippen LogP contribution in [0, 0.1) is 0 Å². The van der Waals surface area contributed by atoms with Crippen LogP contribution in [0.15, 0.2) is 22.9 Å². The fraction of sp³-hybridized carbons (Fsp3) is 0.500. The number of rotatable bonds is 5. The molecule has 0 bridgehead atoms. The molecule has 1 amide bonds. The fourth-order valence-electron chi connectivity index (χ4n) is 2.09. The number of fused-ring (bicyclic) bond motifs is 1. The molecule has 1 aromatic heterocycles. The molecule has 0 spiro atoms. The molecule has 0 saturated carbocycles. The van der Waals surface area contributed by atoms with E-state index in [-0.39, 0.29) is 6.04 Å². The Morgan fingerprint density at radius 3 is 2.87 bits per heavy atom. The Balaban J connectivity index is 1.84. The molecule has 1 aromatic carbocycles. The largest absolute Gasteiger partial charge is 0.444 e. The molecule has 126 valence electrons. The van der Waals surface area contributed by atoms with Gasteiger partial charge in [0, 0.05) is 10.0 Å². The highest BCUT2D eigenvalue weighted by molar-refractivity contribution is 9.10. The van der Waals surface area contributed by atoms with E-state index < -0.39 is 11.7 Å². The molecule has 0 fully saturated rings. The van der Waals surface area contributed by atoms with Crippen LogP contribution in [0.3, 0.4) is 0 Å². The van der Waals surface area contributed by atoms with Crippen molar-refractivity contribution in [3.63, 3.8) is 0 Å². The smallest absolute Gasteiger partial charge is 0.407 e. The first-order chi connectivity index (χ1) is 10.7. The van der Waals surface area contributed by atoms with Crippen molar-refractivity contribution < 1.29 is 14.3 Å². The maximum absolute atomic E-state index is 11.7. The van der Waals surface area contributed by atoms with Crippen LogP contribution >= 0.6 is 15.9 Å². The van der Waals surface area contributed by atoms with Gasteiger partial charge >= 0.3 is 6.09 Å². The van der Waals surface area contributed by atoms with Crippen molar-refractivity contribution in [2.45, 2.75) is 45.9 Å². The number of carbonyl (C=O) groups is 1. The van der Waals surface area contributed by atoms with Crippen LogP contribution in [0.25, 0.3) is 11.0 Å². The normalized spacial score (nSPS) is 13.1. The molecule has 2 N–H and O–H groups in total.